The van der Waals surface area contributed by atoms with E-state index in [1.165, 1.54) is 11.0 Å². The summed E-state index contributed by atoms with van der Waals surface area (Å²) in [6, 6.07) is 2.98. The summed E-state index contributed by atoms with van der Waals surface area (Å²) in [6.45, 7) is -0.336. The van der Waals surface area contributed by atoms with Gasteiger partial charge in [0.1, 0.15) is 0 Å². The zero-order chi connectivity index (χ0) is 19.3. The van der Waals surface area contributed by atoms with Crippen LogP contribution in [-0.4, -0.2) is 35.9 Å². The molecule has 9 heteroatoms. The maximum Gasteiger partial charge on any atom is 0.418 e. The molecule has 4 nitrogen and oxygen atoms in total. The van der Waals surface area contributed by atoms with E-state index in [9.17, 15) is 31.5 Å². The van der Waals surface area contributed by atoms with Crippen LogP contribution in [0.15, 0.2) is 18.2 Å². The van der Waals surface area contributed by atoms with Crippen molar-refractivity contribution >= 4 is 17.4 Å². The van der Waals surface area contributed by atoms with E-state index in [1.807, 2.05) is 0 Å². The lowest BCUT2D eigenvalue weighted by Crippen LogP contribution is -2.63. The maximum atomic E-state index is 13.6. The first kappa shape index (κ1) is 18.6. The molecular formula is C17H16F5NO3. The average molecular weight is 377 g/mol. The molecule has 1 aliphatic carbocycles. The number of fused-ring (bicyclic) bond motifs is 2. The second-order valence-electron chi connectivity index (χ2n) is 6.76. The molecule has 0 spiro atoms. The molecule has 4 rings (SSSR count). The molecule has 0 aromatic heterocycles. The molecule has 3 aliphatic rings. The first-order valence-electron chi connectivity index (χ1n) is 8.09. The van der Waals surface area contributed by atoms with E-state index in [1.54, 1.807) is 0 Å². The molecule has 2 unspecified atom stereocenters. The third-order valence-corrected chi connectivity index (χ3v) is 5.07. The number of hydrogen-bond acceptors (Lipinski definition) is 3. The minimum Gasteiger partial charge on any atom is -0.481 e. The fourth-order valence-corrected chi connectivity index (χ4v) is 3.60. The third-order valence-electron chi connectivity index (χ3n) is 5.07. The zero-order valence-electron chi connectivity index (χ0n) is 13.5. The second-order valence-corrected chi connectivity index (χ2v) is 6.76. The second kappa shape index (κ2) is 6.21. The van der Waals surface area contributed by atoms with E-state index in [-0.39, 0.29) is 24.3 Å². The highest BCUT2D eigenvalue weighted by atomic mass is 19.4. The molecule has 2 atom stereocenters. The Morgan fingerprint density at radius 2 is 1.77 bits per heavy atom. The number of hydrogen-bond donors (Lipinski definition) is 1. The van der Waals surface area contributed by atoms with Gasteiger partial charge in [-0.1, -0.05) is 0 Å². The van der Waals surface area contributed by atoms with Gasteiger partial charge in [-0.05, 0) is 24.6 Å². The Hall–Kier alpha value is -2.19. The van der Waals surface area contributed by atoms with Crippen LogP contribution in [0.1, 0.15) is 35.2 Å². The summed E-state index contributed by atoms with van der Waals surface area (Å²) in [7, 11) is 0. The van der Waals surface area contributed by atoms with Crippen LogP contribution in [0.3, 0.4) is 0 Å². The lowest BCUT2D eigenvalue weighted by atomic mass is 9.67. The Balaban J connectivity index is 1.87. The molecule has 2 heterocycles. The number of ketones is 1. The highest BCUT2D eigenvalue weighted by Gasteiger charge is 2.61. The van der Waals surface area contributed by atoms with Crippen LogP contribution < -0.4 is 4.90 Å². The van der Waals surface area contributed by atoms with Crippen LogP contribution >= 0.6 is 0 Å². The van der Waals surface area contributed by atoms with Gasteiger partial charge in [0.05, 0.1) is 12.0 Å². The van der Waals surface area contributed by atoms with Gasteiger partial charge in [0.15, 0.2) is 5.78 Å². The third kappa shape index (κ3) is 3.26. The van der Waals surface area contributed by atoms with Crippen molar-refractivity contribution < 1.29 is 36.6 Å². The van der Waals surface area contributed by atoms with Crippen molar-refractivity contribution in [2.45, 2.75) is 31.4 Å². The minimum atomic E-state index is -4.76. The first-order chi connectivity index (χ1) is 12.0. The summed E-state index contributed by atoms with van der Waals surface area (Å²) in [5.41, 5.74) is -1.53. The van der Waals surface area contributed by atoms with E-state index in [0.29, 0.717) is 12.5 Å². The summed E-state index contributed by atoms with van der Waals surface area (Å²) >= 11 is 0. The molecule has 1 aromatic rings. The maximum absolute atomic E-state index is 13.6. The number of carbonyl (C=O) groups is 2. The number of halogens is 5. The summed E-state index contributed by atoms with van der Waals surface area (Å²) in [5, 5.41) is 8.58. The molecule has 26 heavy (non-hydrogen) atoms. The Morgan fingerprint density at radius 3 is 2.27 bits per heavy atom. The number of anilines is 1. The van der Waals surface area contributed by atoms with E-state index >= 15 is 0 Å². The van der Waals surface area contributed by atoms with Crippen molar-refractivity contribution in [3.63, 3.8) is 0 Å². The largest absolute Gasteiger partial charge is 0.481 e. The van der Waals surface area contributed by atoms with Gasteiger partial charge in [0.2, 0.25) is 0 Å². The molecule has 1 aromatic carbocycles. The quantitative estimate of drug-likeness (QED) is 0.626. The number of carboxylic acids is 1. The van der Waals surface area contributed by atoms with E-state index in [4.69, 9.17) is 5.11 Å². The van der Waals surface area contributed by atoms with Gasteiger partial charge in [-0.25, -0.2) is 8.78 Å². The number of benzene rings is 1. The van der Waals surface area contributed by atoms with Crippen LogP contribution in [0.2, 0.25) is 0 Å². The Labute approximate surface area is 145 Å². The van der Waals surface area contributed by atoms with Gasteiger partial charge in [0, 0.05) is 42.6 Å². The monoisotopic (exact) mass is 377 g/mol. The standard InChI is InChI=1S/C17H16F5NO3/c18-16(19)10-6-11(16)8-23(7-10)13-2-1-9(5-12(13)17(20,21)22)14(24)3-4-15(25)26/h1-2,5,10-11H,3-4,6-8H2,(H,25,26). The van der Waals surface area contributed by atoms with Crippen molar-refractivity contribution in [3.8, 4) is 0 Å². The van der Waals surface area contributed by atoms with Crippen LogP contribution in [-0.2, 0) is 11.0 Å². The summed E-state index contributed by atoms with van der Waals surface area (Å²) in [6.07, 6.45) is -5.35. The minimum absolute atomic E-state index is 0.168. The number of nitrogens with zero attached hydrogens (tertiary/aromatic N) is 1. The van der Waals surface area contributed by atoms with Gasteiger partial charge in [-0.2, -0.15) is 13.2 Å². The average Bonchev–Trinajstić information content (AvgIpc) is 2.58. The molecular weight excluding hydrogens is 361 g/mol. The van der Waals surface area contributed by atoms with E-state index < -0.39 is 54.1 Å². The van der Waals surface area contributed by atoms with E-state index in [2.05, 4.69) is 0 Å². The molecule has 3 fully saturated rings. The van der Waals surface area contributed by atoms with Gasteiger partial charge < -0.3 is 10.0 Å². The number of alkyl halides is 5. The SMILES string of the molecule is O=C(O)CCC(=O)c1ccc(N2CC3CC(C2)C3(F)F)c(C(F)(F)F)c1. The van der Waals surface area contributed by atoms with Crippen molar-refractivity contribution in [3.05, 3.63) is 29.3 Å². The van der Waals surface area contributed by atoms with Gasteiger partial charge >= 0.3 is 12.1 Å². The number of piperidine rings is 2. The topological polar surface area (TPSA) is 57.6 Å². The lowest BCUT2D eigenvalue weighted by Gasteiger charge is -2.54. The molecule has 2 saturated heterocycles. The number of Topliss-reactive ketones (excluding diaryl/α,β-unsaturated/α-hetero) is 1. The fourth-order valence-electron chi connectivity index (χ4n) is 3.60. The molecule has 1 saturated carbocycles. The number of rotatable bonds is 5. The number of carbonyl (C=O) groups excluding carboxylic acids is 1. The van der Waals surface area contributed by atoms with Gasteiger partial charge in [-0.15, -0.1) is 0 Å². The van der Waals surface area contributed by atoms with Crippen molar-refractivity contribution in [2.24, 2.45) is 11.8 Å². The normalized spacial score (nSPS) is 24.1. The molecule has 0 amide bonds. The van der Waals surface area contributed by atoms with Crippen LogP contribution in [0, 0.1) is 11.8 Å². The lowest BCUT2D eigenvalue weighted by molar-refractivity contribution is -0.194. The van der Waals surface area contributed by atoms with Crippen LogP contribution in [0.5, 0.6) is 0 Å². The molecule has 2 bridgehead atoms. The molecule has 1 N–H and O–H groups in total. The Bertz CT molecular complexity index is 732. The predicted octanol–water partition coefficient (Wildman–Crippen LogP) is 3.84. The number of aliphatic carboxylic acids is 1. The fraction of sp³-hybridized carbons (Fsp3) is 0.529. The van der Waals surface area contributed by atoms with Gasteiger partial charge in [-0.3, -0.25) is 9.59 Å². The summed E-state index contributed by atoms with van der Waals surface area (Å²) in [4.78, 5) is 23.7. The van der Waals surface area contributed by atoms with Crippen molar-refractivity contribution in [2.75, 3.05) is 18.0 Å². The van der Waals surface area contributed by atoms with Crippen LogP contribution in [0.25, 0.3) is 0 Å². The van der Waals surface area contributed by atoms with Gasteiger partial charge in [0.25, 0.3) is 5.92 Å². The van der Waals surface area contributed by atoms with Crippen molar-refractivity contribution in [1.29, 1.82) is 0 Å². The molecule has 142 valence electrons. The van der Waals surface area contributed by atoms with Crippen molar-refractivity contribution in [1.82, 2.24) is 0 Å². The zero-order valence-corrected chi connectivity index (χ0v) is 13.5. The first-order valence-corrected chi connectivity index (χ1v) is 8.09. The molecule has 0 radical (unpaired) electrons. The molecule has 2 aliphatic heterocycles. The predicted molar refractivity (Wildman–Crippen MR) is 81.4 cm³/mol. The highest BCUT2D eigenvalue weighted by Crippen LogP contribution is 2.54. The van der Waals surface area contributed by atoms with Crippen LogP contribution in [0.4, 0.5) is 27.6 Å². The Morgan fingerprint density at radius 1 is 1.15 bits per heavy atom. The van der Waals surface area contributed by atoms with E-state index in [0.717, 1.165) is 6.07 Å². The summed E-state index contributed by atoms with van der Waals surface area (Å²) < 4.78 is 67.6. The summed E-state index contributed by atoms with van der Waals surface area (Å²) in [5.74, 6) is -6.68. The smallest absolute Gasteiger partial charge is 0.418 e. The number of carboxylic acid groups (broad SMARTS) is 1. The highest BCUT2D eigenvalue weighted by molar-refractivity contribution is 5.98. The Kier molecular flexibility index (Phi) is 4.44.